The van der Waals surface area contributed by atoms with Crippen molar-refractivity contribution in [2.75, 3.05) is 6.54 Å². The number of phenolic OH excluding ortho intramolecular Hbond substituents is 2. The van der Waals surface area contributed by atoms with Crippen LogP contribution in [0.25, 0.3) is 10.8 Å². The molecule has 6 heteroatoms. The topological polar surface area (TPSA) is 102 Å². The highest BCUT2D eigenvalue weighted by molar-refractivity contribution is 5.87. The first-order valence-electron chi connectivity index (χ1n) is 12.9. The van der Waals surface area contributed by atoms with E-state index in [4.69, 9.17) is 0 Å². The molecule has 4 rings (SSSR count). The summed E-state index contributed by atoms with van der Waals surface area (Å²) in [4.78, 5) is 12.9. The summed E-state index contributed by atoms with van der Waals surface area (Å²) in [6, 6.07) is 26.4. The molecule has 0 saturated carbocycles. The Hall–Kier alpha value is -3.87. The van der Waals surface area contributed by atoms with Crippen LogP contribution >= 0.6 is 0 Å². The Balaban J connectivity index is 1.34. The third-order valence-corrected chi connectivity index (χ3v) is 6.75. The van der Waals surface area contributed by atoms with Crippen molar-refractivity contribution in [2.45, 2.75) is 51.3 Å². The summed E-state index contributed by atoms with van der Waals surface area (Å²) in [5.41, 5.74) is 3.22. The Morgan fingerprint density at radius 1 is 0.868 bits per heavy atom. The van der Waals surface area contributed by atoms with Gasteiger partial charge < -0.3 is 26.0 Å². The van der Waals surface area contributed by atoms with Crippen LogP contribution in [0.4, 0.5) is 0 Å². The molecule has 198 valence electrons. The van der Waals surface area contributed by atoms with E-state index in [0.29, 0.717) is 12.0 Å². The molecule has 0 bridgehead atoms. The monoisotopic (exact) mass is 512 g/mol. The molecule has 2 unspecified atom stereocenters. The summed E-state index contributed by atoms with van der Waals surface area (Å²) < 4.78 is 0. The van der Waals surface area contributed by atoms with Gasteiger partial charge in [0.15, 0.2) is 0 Å². The first kappa shape index (κ1) is 27.2. The third-order valence-electron chi connectivity index (χ3n) is 6.75. The number of benzene rings is 4. The van der Waals surface area contributed by atoms with Crippen molar-refractivity contribution in [1.82, 2.24) is 10.6 Å². The molecular formula is C32H36N2O4. The van der Waals surface area contributed by atoms with Gasteiger partial charge in [-0.05, 0) is 72.4 Å². The minimum absolute atomic E-state index is 0.0301. The molecule has 0 aliphatic rings. The molecule has 0 aromatic heterocycles. The van der Waals surface area contributed by atoms with E-state index in [1.54, 1.807) is 0 Å². The number of carbonyl (C=O) groups excluding carboxylic acids is 1. The molecule has 0 heterocycles. The second-order valence-corrected chi connectivity index (χ2v) is 10.6. The first-order chi connectivity index (χ1) is 18.1. The molecule has 0 aliphatic carbocycles. The van der Waals surface area contributed by atoms with Gasteiger partial charge in [0.05, 0.1) is 18.6 Å². The van der Waals surface area contributed by atoms with E-state index in [-0.39, 0.29) is 42.0 Å². The molecule has 0 saturated heterocycles. The number of nitrogens with one attached hydrogen (secondary N) is 2. The van der Waals surface area contributed by atoms with E-state index in [9.17, 15) is 20.1 Å². The minimum Gasteiger partial charge on any atom is -0.508 e. The largest absolute Gasteiger partial charge is 0.508 e. The lowest BCUT2D eigenvalue weighted by Crippen LogP contribution is -2.43. The number of phenols is 2. The average molecular weight is 513 g/mol. The standard InChI is InChI=1S/C32H36N2O4/c1-21(28-13-7-11-24-10-4-5-12-29(24)28)34-31(38)15-22-8-6-9-23(14-22)19-32(2,3)33-20-30(37)25-16-26(35)18-27(36)17-25/h4-14,16-18,21,30,33,35-37H,15,19-20H2,1-3H3,(H,34,38). The molecule has 6 nitrogen and oxygen atoms in total. The minimum atomic E-state index is -0.883. The highest BCUT2D eigenvalue weighted by Crippen LogP contribution is 2.26. The SMILES string of the molecule is CC(NC(=O)Cc1cccc(CC(C)(C)NCC(O)c2cc(O)cc(O)c2)c1)c1cccc2ccccc12. The molecule has 38 heavy (non-hydrogen) atoms. The van der Waals surface area contributed by atoms with Gasteiger partial charge in [-0.1, -0.05) is 66.7 Å². The number of β-amino-alcohol motifs (C(OH)–C–C–N with tert-alkyl or cyclic N) is 1. The molecule has 0 spiro atoms. The van der Waals surface area contributed by atoms with Crippen molar-refractivity contribution in [1.29, 1.82) is 0 Å². The van der Waals surface area contributed by atoms with Gasteiger partial charge in [-0.15, -0.1) is 0 Å². The highest BCUT2D eigenvalue weighted by Gasteiger charge is 2.21. The number of rotatable bonds is 10. The number of amides is 1. The van der Waals surface area contributed by atoms with Crippen LogP contribution in [0.2, 0.25) is 0 Å². The van der Waals surface area contributed by atoms with Gasteiger partial charge in [-0.25, -0.2) is 0 Å². The van der Waals surface area contributed by atoms with E-state index < -0.39 is 6.10 Å². The van der Waals surface area contributed by atoms with Crippen molar-refractivity contribution < 1.29 is 20.1 Å². The number of fused-ring (bicyclic) bond motifs is 1. The fourth-order valence-electron chi connectivity index (χ4n) is 4.91. The van der Waals surface area contributed by atoms with Gasteiger partial charge in [0, 0.05) is 18.2 Å². The first-order valence-corrected chi connectivity index (χ1v) is 12.9. The Morgan fingerprint density at radius 3 is 2.29 bits per heavy atom. The van der Waals surface area contributed by atoms with Gasteiger partial charge in [0.2, 0.25) is 5.91 Å². The smallest absolute Gasteiger partial charge is 0.224 e. The Bertz CT molecular complexity index is 1390. The number of aromatic hydroxyl groups is 2. The molecule has 0 radical (unpaired) electrons. The normalized spacial score (nSPS) is 13.3. The summed E-state index contributed by atoms with van der Waals surface area (Å²) in [6.45, 7) is 6.36. The van der Waals surface area contributed by atoms with Crippen LogP contribution in [0.5, 0.6) is 11.5 Å². The Labute approximate surface area is 224 Å². The van der Waals surface area contributed by atoms with Crippen LogP contribution in [0.1, 0.15) is 55.2 Å². The van der Waals surface area contributed by atoms with Crippen molar-refractivity contribution in [3.8, 4) is 11.5 Å². The lowest BCUT2D eigenvalue weighted by Gasteiger charge is -2.28. The number of hydrogen-bond acceptors (Lipinski definition) is 5. The molecule has 0 fully saturated rings. The lowest BCUT2D eigenvalue weighted by molar-refractivity contribution is -0.121. The number of carbonyl (C=O) groups is 1. The van der Waals surface area contributed by atoms with E-state index in [1.165, 1.54) is 18.2 Å². The zero-order valence-corrected chi connectivity index (χ0v) is 22.1. The van der Waals surface area contributed by atoms with Crippen molar-refractivity contribution in [3.63, 3.8) is 0 Å². The van der Waals surface area contributed by atoms with Crippen LogP contribution in [-0.4, -0.2) is 33.3 Å². The van der Waals surface area contributed by atoms with Crippen molar-refractivity contribution in [2.24, 2.45) is 0 Å². The van der Waals surface area contributed by atoms with E-state index in [0.717, 1.165) is 27.5 Å². The molecule has 2 atom stereocenters. The predicted octanol–water partition coefficient (Wildman–Crippen LogP) is 5.32. The summed E-state index contributed by atoms with van der Waals surface area (Å²) in [7, 11) is 0. The maximum atomic E-state index is 12.9. The van der Waals surface area contributed by atoms with Crippen LogP contribution in [-0.2, 0) is 17.6 Å². The quantitative estimate of drug-likeness (QED) is 0.198. The van der Waals surface area contributed by atoms with E-state index in [1.807, 2.05) is 57.2 Å². The van der Waals surface area contributed by atoms with E-state index in [2.05, 4.69) is 41.0 Å². The Kier molecular flexibility index (Phi) is 8.35. The fourth-order valence-corrected chi connectivity index (χ4v) is 4.91. The van der Waals surface area contributed by atoms with Crippen LogP contribution in [0, 0.1) is 0 Å². The number of aliphatic hydroxyl groups excluding tert-OH is 1. The number of hydrogen-bond donors (Lipinski definition) is 5. The highest BCUT2D eigenvalue weighted by atomic mass is 16.3. The second-order valence-electron chi connectivity index (χ2n) is 10.6. The maximum absolute atomic E-state index is 12.9. The molecule has 5 N–H and O–H groups in total. The average Bonchev–Trinajstić information content (AvgIpc) is 2.86. The summed E-state index contributed by atoms with van der Waals surface area (Å²) >= 11 is 0. The zero-order valence-electron chi connectivity index (χ0n) is 22.1. The molecule has 0 aliphatic heterocycles. The van der Waals surface area contributed by atoms with Gasteiger partial charge in [-0.3, -0.25) is 4.79 Å². The van der Waals surface area contributed by atoms with Gasteiger partial charge in [0.25, 0.3) is 0 Å². The van der Waals surface area contributed by atoms with Crippen LogP contribution in [0.15, 0.2) is 84.9 Å². The summed E-state index contributed by atoms with van der Waals surface area (Å²) in [6.07, 6.45) is 0.0923. The van der Waals surface area contributed by atoms with Gasteiger partial charge in [0.1, 0.15) is 11.5 Å². The molecule has 1 amide bonds. The lowest BCUT2D eigenvalue weighted by atomic mass is 9.93. The Morgan fingerprint density at radius 2 is 1.53 bits per heavy atom. The van der Waals surface area contributed by atoms with Crippen LogP contribution in [0.3, 0.4) is 0 Å². The van der Waals surface area contributed by atoms with Crippen molar-refractivity contribution >= 4 is 16.7 Å². The maximum Gasteiger partial charge on any atom is 0.224 e. The van der Waals surface area contributed by atoms with Gasteiger partial charge in [-0.2, -0.15) is 0 Å². The van der Waals surface area contributed by atoms with Crippen LogP contribution < -0.4 is 10.6 Å². The zero-order chi connectivity index (χ0) is 27.3. The predicted molar refractivity (Wildman–Crippen MR) is 151 cm³/mol. The third kappa shape index (κ3) is 7.12. The number of aliphatic hydroxyl groups is 1. The van der Waals surface area contributed by atoms with E-state index >= 15 is 0 Å². The summed E-state index contributed by atoms with van der Waals surface area (Å²) in [5.74, 6) is -0.214. The summed E-state index contributed by atoms with van der Waals surface area (Å²) in [5, 5.41) is 38.7. The second kappa shape index (κ2) is 11.7. The fraction of sp³-hybridized carbons (Fsp3) is 0.281. The molecular weight excluding hydrogens is 476 g/mol. The molecule has 4 aromatic carbocycles. The van der Waals surface area contributed by atoms with Gasteiger partial charge >= 0.3 is 0 Å². The molecule has 4 aromatic rings. The van der Waals surface area contributed by atoms with Crippen molar-refractivity contribution in [3.05, 3.63) is 107 Å².